The molecule has 0 aliphatic carbocycles. The lowest BCUT2D eigenvalue weighted by molar-refractivity contribution is -0.146. The van der Waals surface area contributed by atoms with Gasteiger partial charge in [-0.1, -0.05) is 30.3 Å². The maximum absolute atomic E-state index is 13.0. The maximum Gasteiger partial charge on any atom is 0.323 e. The molecule has 1 amide bonds. The van der Waals surface area contributed by atoms with Gasteiger partial charge in [-0.25, -0.2) is 0 Å². The number of carboxylic acid groups (broad SMARTS) is 1. The van der Waals surface area contributed by atoms with Crippen molar-refractivity contribution >= 4 is 17.8 Å². The fraction of sp³-hybridized carbons (Fsp3) is 0.591. The molecule has 7 heteroatoms. The summed E-state index contributed by atoms with van der Waals surface area (Å²) in [5, 5.41) is 12.3. The molecule has 2 rings (SSSR count). The van der Waals surface area contributed by atoms with Gasteiger partial charge in [0.1, 0.15) is 6.04 Å². The van der Waals surface area contributed by atoms with Crippen molar-refractivity contribution in [2.75, 3.05) is 13.2 Å². The van der Waals surface area contributed by atoms with Gasteiger partial charge in [0.2, 0.25) is 5.91 Å². The fourth-order valence-corrected chi connectivity index (χ4v) is 3.79. The first kappa shape index (κ1) is 22.9. The van der Waals surface area contributed by atoms with E-state index >= 15 is 0 Å². The summed E-state index contributed by atoms with van der Waals surface area (Å²) in [5.74, 6) is -1.43. The molecule has 1 saturated heterocycles. The highest BCUT2D eigenvalue weighted by Gasteiger charge is 2.33. The lowest BCUT2D eigenvalue weighted by Crippen LogP contribution is -2.55. The van der Waals surface area contributed by atoms with Crippen molar-refractivity contribution in [3.05, 3.63) is 35.9 Å². The van der Waals surface area contributed by atoms with Crippen LogP contribution < -0.4 is 5.32 Å². The number of carbonyl (C=O) groups is 3. The first-order chi connectivity index (χ1) is 13.9. The molecule has 2 N–H and O–H groups in total. The standard InChI is InChI=1S/C22H32N2O5/c1-3-29-22(28)19(13-12-17-9-5-4-6-10-17)23-16(2)21(27)24-14-8-7-11-18(24)15-20(25)26/h4-6,9-10,16,18-19,23H,3,7-8,11-15H2,1-2H3,(H,25,26)/t16?,18-,19-/m0/s1. The average molecular weight is 405 g/mol. The molecule has 1 heterocycles. The third-order valence-electron chi connectivity index (χ3n) is 5.28. The van der Waals surface area contributed by atoms with E-state index in [1.54, 1.807) is 18.7 Å². The van der Waals surface area contributed by atoms with Crippen LogP contribution in [-0.4, -0.2) is 59.1 Å². The van der Waals surface area contributed by atoms with Crippen molar-refractivity contribution < 1.29 is 24.2 Å². The first-order valence-corrected chi connectivity index (χ1v) is 10.4. The normalized spacial score (nSPS) is 18.7. The second-order valence-corrected chi connectivity index (χ2v) is 7.50. The molecule has 0 aromatic heterocycles. The van der Waals surface area contributed by atoms with Crippen molar-refractivity contribution in [1.29, 1.82) is 0 Å². The van der Waals surface area contributed by atoms with Gasteiger partial charge in [0.05, 0.1) is 19.1 Å². The molecule has 3 atom stereocenters. The molecule has 1 aromatic rings. The Morgan fingerprint density at radius 3 is 2.62 bits per heavy atom. The summed E-state index contributed by atoms with van der Waals surface area (Å²) in [6.45, 7) is 4.31. The lowest BCUT2D eigenvalue weighted by Gasteiger charge is -2.37. The van der Waals surface area contributed by atoms with Crippen LogP contribution >= 0.6 is 0 Å². The summed E-state index contributed by atoms with van der Waals surface area (Å²) in [6, 6.07) is 8.36. The van der Waals surface area contributed by atoms with E-state index in [1.807, 2.05) is 30.3 Å². The van der Waals surface area contributed by atoms with Crippen LogP contribution in [0.25, 0.3) is 0 Å². The second kappa shape index (κ2) is 11.6. The zero-order valence-electron chi connectivity index (χ0n) is 17.3. The fourth-order valence-electron chi connectivity index (χ4n) is 3.79. The number of hydrogen-bond donors (Lipinski definition) is 2. The predicted molar refractivity (Wildman–Crippen MR) is 109 cm³/mol. The number of aryl methyl sites for hydroxylation is 1. The molecular weight excluding hydrogens is 372 g/mol. The molecule has 160 valence electrons. The Balaban J connectivity index is 2.02. The van der Waals surface area contributed by atoms with Crippen molar-refractivity contribution in [2.24, 2.45) is 0 Å². The molecule has 1 fully saturated rings. The van der Waals surface area contributed by atoms with Crippen LogP contribution in [0.4, 0.5) is 0 Å². The number of likely N-dealkylation sites (tertiary alicyclic amines) is 1. The van der Waals surface area contributed by atoms with Gasteiger partial charge < -0.3 is 14.7 Å². The Hall–Kier alpha value is -2.41. The highest BCUT2D eigenvalue weighted by atomic mass is 16.5. The molecule has 1 unspecified atom stereocenters. The predicted octanol–water partition coefficient (Wildman–Crippen LogP) is 2.38. The molecule has 1 aliphatic heterocycles. The third-order valence-corrected chi connectivity index (χ3v) is 5.28. The second-order valence-electron chi connectivity index (χ2n) is 7.50. The third kappa shape index (κ3) is 7.16. The number of aliphatic carboxylic acids is 1. The highest BCUT2D eigenvalue weighted by molar-refractivity contribution is 5.84. The summed E-state index contributed by atoms with van der Waals surface area (Å²) >= 11 is 0. The number of nitrogens with zero attached hydrogens (tertiary/aromatic N) is 1. The Morgan fingerprint density at radius 1 is 1.24 bits per heavy atom. The van der Waals surface area contributed by atoms with E-state index in [4.69, 9.17) is 9.84 Å². The van der Waals surface area contributed by atoms with Gasteiger partial charge in [-0.05, 0) is 51.5 Å². The van der Waals surface area contributed by atoms with E-state index in [1.165, 1.54) is 0 Å². The van der Waals surface area contributed by atoms with Crippen LogP contribution in [0.1, 0.15) is 51.5 Å². The zero-order valence-corrected chi connectivity index (χ0v) is 17.3. The summed E-state index contributed by atoms with van der Waals surface area (Å²) in [4.78, 5) is 38.2. The van der Waals surface area contributed by atoms with E-state index in [-0.39, 0.29) is 30.9 Å². The van der Waals surface area contributed by atoms with Crippen LogP contribution in [0.15, 0.2) is 30.3 Å². The minimum atomic E-state index is -0.900. The van der Waals surface area contributed by atoms with Crippen LogP contribution in [0.3, 0.4) is 0 Å². The number of carboxylic acids is 1. The molecule has 0 bridgehead atoms. The van der Waals surface area contributed by atoms with Gasteiger partial charge >= 0.3 is 11.9 Å². The van der Waals surface area contributed by atoms with E-state index in [2.05, 4.69) is 5.32 Å². The van der Waals surface area contributed by atoms with E-state index in [0.29, 0.717) is 25.8 Å². The Morgan fingerprint density at radius 2 is 1.97 bits per heavy atom. The molecule has 0 radical (unpaired) electrons. The molecular formula is C22H32N2O5. The Labute approximate surface area is 172 Å². The van der Waals surface area contributed by atoms with Crippen LogP contribution in [0.5, 0.6) is 0 Å². The summed E-state index contributed by atoms with van der Waals surface area (Å²) in [5.41, 5.74) is 1.11. The van der Waals surface area contributed by atoms with E-state index in [9.17, 15) is 14.4 Å². The Bertz CT molecular complexity index is 679. The van der Waals surface area contributed by atoms with Gasteiger partial charge in [-0.15, -0.1) is 0 Å². The summed E-state index contributed by atoms with van der Waals surface area (Å²) in [6.07, 6.45) is 3.63. The summed E-state index contributed by atoms with van der Waals surface area (Å²) in [7, 11) is 0. The molecule has 29 heavy (non-hydrogen) atoms. The number of nitrogens with one attached hydrogen (secondary N) is 1. The van der Waals surface area contributed by atoms with Gasteiger partial charge in [-0.3, -0.25) is 19.7 Å². The number of rotatable bonds is 10. The minimum Gasteiger partial charge on any atom is -0.481 e. The number of carbonyl (C=O) groups excluding carboxylic acids is 2. The SMILES string of the molecule is CCOC(=O)[C@H](CCc1ccccc1)NC(C)C(=O)N1CCCC[C@H]1CC(=O)O. The van der Waals surface area contributed by atoms with Crippen molar-refractivity contribution in [2.45, 2.75) is 70.5 Å². The zero-order chi connectivity index (χ0) is 21.2. The number of benzene rings is 1. The number of hydrogen-bond acceptors (Lipinski definition) is 5. The largest absolute Gasteiger partial charge is 0.481 e. The maximum atomic E-state index is 13.0. The molecule has 1 aromatic carbocycles. The monoisotopic (exact) mass is 404 g/mol. The quantitative estimate of drug-likeness (QED) is 0.582. The number of esters is 1. The Kier molecular flexibility index (Phi) is 9.12. The van der Waals surface area contributed by atoms with Crippen molar-refractivity contribution in [3.63, 3.8) is 0 Å². The van der Waals surface area contributed by atoms with Crippen molar-refractivity contribution in [3.8, 4) is 0 Å². The van der Waals surface area contributed by atoms with Crippen LogP contribution in [-0.2, 0) is 25.5 Å². The van der Waals surface area contributed by atoms with Gasteiger partial charge in [0.25, 0.3) is 0 Å². The van der Waals surface area contributed by atoms with Gasteiger partial charge in [0, 0.05) is 12.6 Å². The topological polar surface area (TPSA) is 95.9 Å². The molecule has 1 aliphatic rings. The smallest absolute Gasteiger partial charge is 0.323 e. The molecule has 0 spiro atoms. The lowest BCUT2D eigenvalue weighted by atomic mass is 9.98. The molecule has 7 nitrogen and oxygen atoms in total. The van der Waals surface area contributed by atoms with E-state index in [0.717, 1.165) is 18.4 Å². The summed E-state index contributed by atoms with van der Waals surface area (Å²) < 4.78 is 5.19. The van der Waals surface area contributed by atoms with Gasteiger partial charge in [-0.2, -0.15) is 0 Å². The van der Waals surface area contributed by atoms with E-state index < -0.39 is 18.1 Å². The van der Waals surface area contributed by atoms with Gasteiger partial charge in [0.15, 0.2) is 0 Å². The van der Waals surface area contributed by atoms with Crippen molar-refractivity contribution in [1.82, 2.24) is 10.2 Å². The average Bonchev–Trinajstić information content (AvgIpc) is 2.71. The number of piperidine rings is 1. The number of amides is 1. The van der Waals surface area contributed by atoms with Crippen LogP contribution in [0, 0.1) is 0 Å². The first-order valence-electron chi connectivity index (χ1n) is 10.4. The number of ether oxygens (including phenoxy) is 1. The molecule has 0 saturated carbocycles. The minimum absolute atomic E-state index is 0.0478. The van der Waals surface area contributed by atoms with Crippen LogP contribution in [0.2, 0.25) is 0 Å². The highest BCUT2D eigenvalue weighted by Crippen LogP contribution is 2.21.